The van der Waals surface area contributed by atoms with E-state index in [9.17, 15) is 9.59 Å². The molecule has 0 unspecified atom stereocenters. The van der Waals surface area contributed by atoms with E-state index in [1.165, 1.54) is 0 Å². The molecule has 98 valence electrons. The van der Waals surface area contributed by atoms with Crippen molar-refractivity contribution in [1.29, 1.82) is 0 Å². The number of carbonyl (C=O) groups excluding carboxylic acids is 2. The molecule has 0 aliphatic rings. The van der Waals surface area contributed by atoms with Crippen molar-refractivity contribution in [3.05, 3.63) is 29.8 Å². The number of benzene rings is 1. The summed E-state index contributed by atoms with van der Waals surface area (Å²) < 4.78 is 4.85. The molecule has 0 heterocycles. The Morgan fingerprint density at radius 1 is 1.28 bits per heavy atom. The van der Waals surface area contributed by atoms with Crippen LogP contribution < -0.4 is 16.4 Å². The van der Waals surface area contributed by atoms with Crippen molar-refractivity contribution < 1.29 is 14.3 Å². The van der Waals surface area contributed by atoms with Gasteiger partial charge in [0.25, 0.3) is 0 Å². The van der Waals surface area contributed by atoms with Crippen LogP contribution in [0.2, 0.25) is 0 Å². The summed E-state index contributed by atoms with van der Waals surface area (Å²) in [6.45, 7) is 2.87. The average Bonchev–Trinajstić information content (AvgIpc) is 2.37. The van der Waals surface area contributed by atoms with Gasteiger partial charge in [0.15, 0.2) is 0 Å². The summed E-state index contributed by atoms with van der Waals surface area (Å²) in [7, 11) is 0. The minimum atomic E-state index is -0.378. The number of hydrogen-bond acceptors (Lipinski definition) is 4. The maximum absolute atomic E-state index is 11.4. The second-order valence-electron chi connectivity index (χ2n) is 3.47. The van der Waals surface area contributed by atoms with Gasteiger partial charge < -0.3 is 21.1 Å². The van der Waals surface area contributed by atoms with Gasteiger partial charge in [-0.2, -0.15) is 0 Å². The molecule has 0 fully saturated rings. The first-order chi connectivity index (χ1) is 8.67. The molecule has 1 aromatic rings. The normalized spacial score (nSPS) is 9.67. The molecule has 0 spiro atoms. The first kappa shape index (κ1) is 14.0. The standard InChI is InChI=1S/C12H17N3O3/c1-2-18-11(16)9-3-5-10(6-4-9)15-12(17)14-8-7-13/h3-6H,2,7-8,13H2,1H3,(H2,14,15,17). The molecular formula is C12H17N3O3. The number of hydrogen-bond donors (Lipinski definition) is 3. The SMILES string of the molecule is CCOC(=O)c1ccc(NC(=O)NCCN)cc1. The third-order valence-electron chi connectivity index (χ3n) is 2.08. The number of carbonyl (C=O) groups is 2. The lowest BCUT2D eigenvalue weighted by Gasteiger charge is -2.07. The lowest BCUT2D eigenvalue weighted by molar-refractivity contribution is 0.0526. The second kappa shape index (κ2) is 7.29. The van der Waals surface area contributed by atoms with Crippen molar-refractivity contribution in [2.45, 2.75) is 6.92 Å². The molecule has 0 aliphatic carbocycles. The van der Waals surface area contributed by atoms with Crippen LogP contribution in [0.5, 0.6) is 0 Å². The van der Waals surface area contributed by atoms with E-state index >= 15 is 0 Å². The molecule has 0 radical (unpaired) electrons. The zero-order valence-electron chi connectivity index (χ0n) is 10.2. The summed E-state index contributed by atoms with van der Waals surface area (Å²) in [5, 5.41) is 5.19. The molecule has 6 heteroatoms. The van der Waals surface area contributed by atoms with E-state index in [2.05, 4.69) is 10.6 Å². The number of nitrogens with two attached hydrogens (primary N) is 1. The van der Waals surface area contributed by atoms with E-state index in [0.29, 0.717) is 30.9 Å². The highest BCUT2D eigenvalue weighted by atomic mass is 16.5. The van der Waals surface area contributed by atoms with Crippen molar-refractivity contribution in [1.82, 2.24) is 5.32 Å². The quantitative estimate of drug-likeness (QED) is 0.679. The van der Waals surface area contributed by atoms with E-state index in [-0.39, 0.29) is 12.0 Å². The highest BCUT2D eigenvalue weighted by molar-refractivity contribution is 5.92. The van der Waals surface area contributed by atoms with Crippen LogP contribution >= 0.6 is 0 Å². The zero-order valence-corrected chi connectivity index (χ0v) is 10.2. The molecule has 0 atom stereocenters. The molecule has 2 amide bonds. The van der Waals surface area contributed by atoms with Gasteiger partial charge in [-0.15, -0.1) is 0 Å². The number of esters is 1. The summed E-state index contributed by atoms with van der Waals surface area (Å²) in [6, 6.07) is 6.12. The van der Waals surface area contributed by atoms with Gasteiger partial charge in [0.1, 0.15) is 0 Å². The summed E-state index contributed by atoms with van der Waals surface area (Å²) in [5.41, 5.74) is 6.30. The van der Waals surface area contributed by atoms with Crippen molar-refractivity contribution in [2.75, 3.05) is 25.0 Å². The number of ether oxygens (including phenoxy) is 1. The minimum absolute atomic E-state index is 0.329. The van der Waals surface area contributed by atoms with E-state index in [4.69, 9.17) is 10.5 Å². The first-order valence-corrected chi connectivity index (χ1v) is 5.69. The van der Waals surface area contributed by atoms with Crippen LogP contribution in [-0.4, -0.2) is 31.7 Å². The van der Waals surface area contributed by atoms with E-state index in [1.807, 2.05) is 0 Å². The van der Waals surface area contributed by atoms with Crippen molar-refractivity contribution in [2.24, 2.45) is 5.73 Å². The molecule has 1 rings (SSSR count). The maximum Gasteiger partial charge on any atom is 0.338 e. The van der Waals surface area contributed by atoms with Crippen LogP contribution in [0.3, 0.4) is 0 Å². The van der Waals surface area contributed by atoms with Gasteiger partial charge in [-0.3, -0.25) is 0 Å². The molecule has 0 aromatic heterocycles. The Morgan fingerprint density at radius 3 is 2.50 bits per heavy atom. The summed E-state index contributed by atoms with van der Waals surface area (Å²) in [4.78, 5) is 22.7. The predicted octanol–water partition coefficient (Wildman–Crippen LogP) is 0.943. The lowest BCUT2D eigenvalue weighted by Crippen LogP contribution is -2.32. The predicted molar refractivity (Wildman–Crippen MR) is 68.5 cm³/mol. The van der Waals surface area contributed by atoms with E-state index in [0.717, 1.165) is 0 Å². The Labute approximate surface area is 105 Å². The molecule has 0 aliphatic heterocycles. The van der Waals surface area contributed by atoms with Crippen LogP contribution in [0.1, 0.15) is 17.3 Å². The van der Waals surface area contributed by atoms with Crippen LogP contribution in [0.15, 0.2) is 24.3 Å². The fraction of sp³-hybridized carbons (Fsp3) is 0.333. The van der Waals surface area contributed by atoms with Crippen molar-refractivity contribution >= 4 is 17.7 Å². The number of amides is 2. The van der Waals surface area contributed by atoms with Crippen molar-refractivity contribution in [3.8, 4) is 0 Å². The maximum atomic E-state index is 11.4. The van der Waals surface area contributed by atoms with Gasteiger partial charge in [-0.25, -0.2) is 9.59 Å². The van der Waals surface area contributed by atoms with Gasteiger partial charge >= 0.3 is 12.0 Å². The van der Waals surface area contributed by atoms with Gasteiger partial charge in [0.05, 0.1) is 12.2 Å². The van der Waals surface area contributed by atoms with Crippen LogP contribution in [-0.2, 0) is 4.74 Å². The summed E-state index contributed by atoms with van der Waals surface area (Å²) in [5.74, 6) is -0.378. The molecule has 6 nitrogen and oxygen atoms in total. The largest absolute Gasteiger partial charge is 0.462 e. The fourth-order valence-electron chi connectivity index (χ4n) is 1.27. The molecule has 0 saturated heterocycles. The number of anilines is 1. The molecule has 4 N–H and O–H groups in total. The van der Waals surface area contributed by atoms with E-state index in [1.54, 1.807) is 31.2 Å². The summed E-state index contributed by atoms with van der Waals surface area (Å²) >= 11 is 0. The van der Waals surface area contributed by atoms with Gasteiger partial charge in [0, 0.05) is 18.8 Å². The lowest BCUT2D eigenvalue weighted by atomic mass is 10.2. The highest BCUT2D eigenvalue weighted by Gasteiger charge is 2.06. The van der Waals surface area contributed by atoms with Gasteiger partial charge in [-0.05, 0) is 31.2 Å². The Hall–Kier alpha value is -2.08. The third kappa shape index (κ3) is 4.42. The highest BCUT2D eigenvalue weighted by Crippen LogP contribution is 2.10. The molecule has 1 aromatic carbocycles. The van der Waals surface area contributed by atoms with Crippen LogP contribution in [0.25, 0.3) is 0 Å². The number of rotatable bonds is 5. The smallest absolute Gasteiger partial charge is 0.338 e. The summed E-state index contributed by atoms with van der Waals surface area (Å²) in [6.07, 6.45) is 0. The number of nitrogens with one attached hydrogen (secondary N) is 2. The van der Waals surface area contributed by atoms with Gasteiger partial charge in [0.2, 0.25) is 0 Å². The molecule has 0 bridgehead atoms. The monoisotopic (exact) mass is 251 g/mol. The Morgan fingerprint density at radius 2 is 1.94 bits per heavy atom. The van der Waals surface area contributed by atoms with Gasteiger partial charge in [-0.1, -0.05) is 0 Å². The minimum Gasteiger partial charge on any atom is -0.462 e. The molecule has 0 saturated carbocycles. The second-order valence-corrected chi connectivity index (χ2v) is 3.47. The Bertz CT molecular complexity index is 404. The number of urea groups is 1. The Balaban J connectivity index is 2.55. The molecule has 18 heavy (non-hydrogen) atoms. The average molecular weight is 251 g/mol. The first-order valence-electron chi connectivity index (χ1n) is 5.69. The zero-order chi connectivity index (χ0) is 13.4. The van der Waals surface area contributed by atoms with Crippen LogP contribution in [0.4, 0.5) is 10.5 Å². The van der Waals surface area contributed by atoms with Crippen molar-refractivity contribution in [3.63, 3.8) is 0 Å². The fourth-order valence-corrected chi connectivity index (χ4v) is 1.27. The van der Waals surface area contributed by atoms with E-state index < -0.39 is 0 Å². The third-order valence-corrected chi connectivity index (χ3v) is 2.08. The van der Waals surface area contributed by atoms with Crippen LogP contribution in [0, 0.1) is 0 Å². The molecular weight excluding hydrogens is 234 g/mol. The Kier molecular flexibility index (Phi) is 5.66. The topological polar surface area (TPSA) is 93.4 Å².